The molecule has 1 N–H and O–H groups in total. The highest BCUT2D eigenvalue weighted by Crippen LogP contribution is 2.44. The van der Waals surface area contributed by atoms with Crippen LogP contribution in [0.2, 0.25) is 0 Å². The molecule has 0 amide bonds. The fourth-order valence-electron chi connectivity index (χ4n) is 2.53. The van der Waals surface area contributed by atoms with Gasteiger partial charge in [0.15, 0.2) is 0 Å². The Hall–Kier alpha value is -2.81. The molecule has 0 bridgehead atoms. The minimum atomic E-state index is -5.28. The summed E-state index contributed by atoms with van der Waals surface area (Å²) in [5, 5.41) is 10.6. The first-order chi connectivity index (χ1) is 12.7. The zero-order valence-electron chi connectivity index (χ0n) is 14.6. The van der Waals surface area contributed by atoms with Crippen molar-refractivity contribution >= 4 is 17.6 Å². The summed E-state index contributed by atoms with van der Waals surface area (Å²) >= 11 is 0. The van der Waals surface area contributed by atoms with Crippen LogP contribution in [0.15, 0.2) is 53.8 Å². The Morgan fingerprint density at radius 1 is 1.07 bits per heavy atom. The first kappa shape index (κ1) is 20.5. The fourth-order valence-corrected chi connectivity index (χ4v) is 2.53. The third-order valence-corrected chi connectivity index (χ3v) is 3.73. The van der Waals surface area contributed by atoms with E-state index in [4.69, 9.17) is 4.74 Å². The van der Waals surface area contributed by atoms with E-state index in [-0.39, 0.29) is 24.5 Å². The van der Waals surface area contributed by atoms with E-state index in [2.05, 4.69) is 4.74 Å². The van der Waals surface area contributed by atoms with Crippen molar-refractivity contribution < 1.29 is 37.3 Å². The molecule has 1 aliphatic rings. The Labute approximate surface area is 153 Å². The van der Waals surface area contributed by atoms with Gasteiger partial charge in [-0.1, -0.05) is 18.2 Å². The number of hydrogen-bond donors (Lipinski definition) is 1. The predicted octanol–water partition coefficient (Wildman–Crippen LogP) is 2.69. The topological polar surface area (TPSA) is 76.1 Å². The van der Waals surface area contributed by atoms with E-state index in [0.29, 0.717) is 11.0 Å². The van der Waals surface area contributed by atoms with Crippen molar-refractivity contribution in [2.24, 2.45) is 0 Å². The summed E-state index contributed by atoms with van der Waals surface area (Å²) in [4.78, 5) is 24.7. The minimum Gasteiger partial charge on any atom is -0.462 e. The molecule has 1 aliphatic heterocycles. The van der Waals surface area contributed by atoms with Crippen LogP contribution in [0.5, 0.6) is 0 Å². The van der Waals surface area contributed by atoms with Crippen molar-refractivity contribution in [3.8, 4) is 0 Å². The Morgan fingerprint density at radius 2 is 1.63 bits per heavy atom. The fraction of sp³-hybridized carbons (Fsp3) is 0.333. The van der Waals surface area contributed by atoms with Crippen LogP contribution < -0.4 is 4.90 Å². The van der Waals surface area contributed by atoms with Gasteiger partial charge < -0.3 is 19.5 Å². The quantitative estimate of drug-likeness (QED) is 0.786. The number of hydrogen-bond acceptors (Lipinski definition) is 6. The lowest BCUT2D eigenvalue weighted by atomic mass is 9.93. The number of anilines is 1. The first-order valence-corrected chi connectivity index (χ1v) is 8.08. The molecule has 1 unspecified atom stereocenters. The number of nitrogens with zero attached hydrogens (tertiary/aromatic N) is 1. The van der Waals surface area contributed by atoms with Crippen molar-refractivity contribution in [2.45, 2.75) is 25.7 Å². The van der Waals surface area contributed by atoms with Gasteiger partial charge in [-0.3, -0.25) is 0 Å². The Bertz CT molecular complexity index is 773. The first-order valence-electron chi connectivity index (χ1n) is 8.08. The number of carbonyl (C=O) groups excluding carboxylic acids is 2. The predicted molar refractivity (Wildman–Crippen MR) is 89.4 cm³/mol. The molecule has 0 radical (unpaired) electrons. The van der Waals surface area contributed by atoms with E-state index >= 15 is 0 Å². The minimum absolute atomic E-state index is 0.0202. The Kier molecular flexibility index (Phi) is 5.94. The lowest BCUT2D eigenvalue weighted by Gasteiger charge is -2.42. The number of benzene rings is 1. The normalized spacial score (nSPS) is 19.9. The van der Waals surface area contributed by atoms with E-state index in [1.165, 1.54) is 38.1 Å². The molecular weight excluding hydrogens is 367 g/mol. The number of rotatable bonds is 5. The van der Waals surface area contributed by atoms with E-state index in [1.807, 2.05) is 0 Å². The largest absolute Gasteiger partial charge is 0.462 e. The number of carbonyl (C=O) groups is 2. The number of esters is 2. The Balaban J connectivity index is 2.71. The highest BCUT2D eigenvalue weighted by molar-refractivity contribution is 6.00. The SMILES string of the molecule is CCOC(=O)C1=CN(c2ccccc2)C(O)(C(F)(F)F)C(C(=O)OCC)=C1. The van der Waals surface area contributed by atoms with Crippen LogP contribution in [0, 0.1) is 0 Å². The van der Waals surface area contributed by atoms with Crippen molar-refractivity contribution in [2.75, 3.05) is 18.1 Å². The number of para-hydroxylation sites is 1. The summed E-state index contributed by atoms with van der Waals surface area (Å²) in [5.74, 6) is -2.34. The molecule has 146 valence electrons. The molecule has 0 aromatic heterocycles. The zero-order valence-corrected chi connectivity index (χ0v) is 14.6. The molecule has 0 saturated heterocycles. The van der Waals surface area contributed by atoms with Crippen LogP contribution in [0.25, 0.3) is 0 Å². The smallest absolute Gasteiger partial charge is 0.442 e. The standard InChI is InChI=1S/C18H18F3NO5/c1-3-26-15(23)12-10-14(16(24)27-4-2)17(25,18(19,20)21)22(11-12)13-8-6-5-7-9-13/h5-11,25H,3-4H2,1-2H3. The number of aliphatic hydroxyl groups is 1. The molecule has 0 fully saturated rings. The molecule has 1 aromatic carbocycles. The average molecular weight is 385 g/mol. The lowest BCUT2D eigenvalue weighted by Crippen LogP contribution is -2.61. The summed E-state index contributed by atoms with van der Waals surface area (Å²) in [7, 11) is 0. The third-order valence-electron chi connectivity index (χ3n) is 3.73. The molecular formula is C18H18F3NO5. The van der Waals surface area contributed by atoms with Gasteiger partial charge in [0.05, 0.1) is 18.8 Å². The molecule has 0 saturated carbocycles. The summed E-state index contributed by atoms with van der Waals surface area (Å²) in [6, 6.07) is 7.06. The molecule has 2 rings (SSSR count). The number of ether oxygens (including phenoxy) is 2. The van der Waals surface area contributed by atoms with Crippen LogP contribution in [0.4, 0.5) is 18.9 Å². The van der Waals surface area contributed by atoms with Gasteiger partial charge in [-0.15, -0.1) is 0 Å². The highest BCUT2D eigenvalue weighted by atomic mass is 19.4. The van der Waals surface area contributed by atoms with Gasteiger partial charge in [0.1, 0.15) is 5.57 Å². The van der Waals surface area contributed by atoms with Gasteiger partial charge in [0.25, 0.3) is 5.72 Å². The van der Waals surface area contributed by atoms with E-state index in [9.17, 15) is 27.9 Å². The van der Waals surface area contributed by atoms with Gasteiger partial charge >= 0.3 is 18.1 Å². The van der Waals surface area contributed by atoms with Crippen molar-refractivity contribution in [3.63, 3.8) is 0 Å². The van der Waals surface area contributed by atoms with Crippen LogP contribution in [0.3, 0.4) is 0 Å². The molecule has 1 heterocycles. The molecule has 0 aliphatic carbocycles. The summed E-state index contributed by atoms with van der Waals surface area (Å²) in [6.07, 6.45) is -3.84. The number of alkyl halides is 3. The third kappa shape index (κ3) is 3.82. The van der Waals surface area contributed by atoms with E-state index in [0.717, 1.165) is 6.20 Å². The second kappa shape index (κ2) is 7.83. The lowest BCUT2D eigenvalue weighted by molar-refractivity contribution is -0.243. The highest BCUT2D eigenvalue weighted by Gasteiger charge is 2.64. The summed E-state index contributed by atoms with van der Waals surface area (Å²) in [5.41, 5.74) is -5.28. The maximum atomic E-state index is 13.9. The van der Waals surface area contributed by atoms with Gasteiger partial charge in [-0.05, 0) is 32.1 Å². The number of halogens is 3. The van der Waals surface area contributed by atoms with Crippen LogP contribution >= 0.6 is 0 Å². The van der Waals surface area contributed by atoms with Crippen LogP contribution in [0.1, 0.15) is 13.8 Å². The molecule has 6 nitrogen and oxygen atoms in total. The molecule has 1 aromatic rings. The van der Waals surface area contributed by atoms with Gasteiger partial charge in [0.2, 0.25) is 0 Å². The van der Waals surface area contributed by atoms with Gasteiger partial charge in [-0.2, -0.15) is 13.2 Å². The Morgan fingerprint density at radius 3 is 2.15 bits per heavy atom. The second-order valence-corrected chi connectivity index (χ2v) is 5.46. The van der Waals surface area contributed by atoms with Crippen LogP contribution in [-0.4, -0.2) is 42.2 Å². The molecule has 9 heteroatoms. The zero-order chi connectivity index (χ0) is 20.2. The van der Waals surface area contributed by atoms with Crippen LogP contribution in [-0.2, 0) is 19.1 Å². The monoisotopic (exact) mass is 385 g/mol. The van der Waals surface area contributed by atoms with Crippen molar-refractivity contribution in [1.82, 2.24) is 0 Å². The maximum absolute atomic E-state index is 13.9. The van der Waals surface area contributed by atoms with Gasteiger partial charge in [-0.25, -0.2) is 9.59 Å². The molecule has 0 spiro atoms. The molecule has 1 atom stereocenters. The molecule has 27 heavy (non-hydrogen) atoms. The maximum Gasteiger partial charge on any atom is 0.442 e. The van der Waals surface area contributed by atoms with Gasteiger partial charge in [0, 0.05) is 11.9 Å². The average Bonchev–Trinajstić information content (AvgIpc) is 2.62. The summed E-state index contributed by atoms with van der Waals surface area (Å²) < 4.78 is 51.2. The summed E-state index contributed by atoms with van der Waals surface area (Å²) in [6.45, 7) is 2.70. The van der Waals surface area contributed by atoms with E-state index < -0.39 is 29.4 Å². The van der Waals surface area contributed by atoms with Crippen molar-refractivity contribution in [1.29, 1.82) is 0 Å². The second-order valence-electron chi connectivity index (χ2n) is 5.46. The van der Waals surface area contributed by atoms with E-state index in [1.54, 1.807) is 6.07 Å². The van der Waals surface area contributed by atoms with Crippen molar-refractivity contribution in [3.05, 3.63) is 53.8 Å².